The summed E-state index contributed by atoms with van der Waals surface area (Å²) in [5.74, 6) is 0.0118. The fourth-order valence-electron chi connectivity index (χ4n) is 4.51. The number of hydrogen-bond acceptors (Lipinski definition) is 4. The van der Waals surface area contributed by atoms with Crippen molar-refractivity contribution in [3.8, 4) is 0 Å². The number of rotatable bonds is 7. The highest BCUT2D eigenvalue weighted by atomic mass is 32.2. The maximum absolute atomic E-state index is 12.9. The van der Waals surface area contributed by atoms with E-state index in [1.54, 1.807) is 22.5 Å². The molecule has 7 heteroatoms. The molecule has 0 spiro atoms. The number of piperidine rings is 1. The van der Waals surface area contributed by atoms with Crippen molar-refractivity contribution in [1.29, 1.82) is 0 Å². The van der Waals surface area contributed by atoms with E-state index in [1.807, 2.05) is 24.3 Å². The van der Waals surface area contributed by atoms with E-state index in [-0.39, 0.29) is 11.9 Å². The third-order valence-electron chi connectivity index (χ3n) is 6.21. The molecule has 1 amide bonds. The molecule has 2 aromatic rings. The minimum atomic E-state index is -3.47. The molecule has 2 aliphatic rings. The summed E-state index contributed by atoms with van der Waals surface area (Å²) in [5, 5.41) is 3.03. The maximum atomic E-state index is 12.9. The summed E-state index contributed by atoms with van der Waals surface area (Å²) in [5.41, 5.74) is 2.01. The van der Waals surface area contributed by atoms with Gasteiger partial charge in [-0.2, -0.15) is 4.31 Å². The van der Waals surface area contributed by atoms with Gasteiger partial charge in [-0.05, 0) is 55.5 Å². The largest absolute Gasteiger partial charge is 0.351 e. The van der Waals surface area contributed by atoms with Crippen LogP contribution in [0.4, 0.5) is 0 Å². The number of nitrogens with one attached hydrogen (secondary N) is 1. The standard InChI is InChI=1S/C24H31N3O3S/c28-24(23-13-8-14-26(23)19-20-9-3-1-4-10-20)25-18-21-11-7-12-22(17-21)31(29,30)27-15-5-2-6-16-27/h1,3-4,7,9-12,17,23H,2,5-6,8,13-16,18-19H2,(H,25,28). The van der Waals surface area contributed by atoms with Crippen molar-refractivity contribution in [3.63, 3.8) is 0 Å². The molecule has 2 aromatic carbocycles. The van der Waals surface area contributed by atoms with Gasteiger partial charge in [0.25, 0.3) is 0 Å². The second-order valence-corrected chi connectivity index (χ2v) is 10.4. The molecule has 166 valence electrons. The number of carbonyl (C=O) groups is 1. The van der Waals surface area contributed by atoms with Crippen LogP contribution in [0.25, 0.3) is 0 Å². The summed E-state index contributed by atoms with van der Waals surface area (Å²) in [6.45, 7) is 3.18. The van der Waals surface area contributed by atoms with Gasteiger partial charge in [0.1, 0.15) is 0 Å². The molecule has 2 aliphatic heterocycles. The van der Waals surface area contributed by atoms with E-state index in [1.165, 1.54) is 5.56 Å². The Kier molecular flexibility index (Phi) is 7.05. The molecule has 2 heterocycles. The van der Waals surface area contributed by atoms with Gasteiger partial charge >= 0.3 is 0 Å². The van der Waals surface area contributed by atoms with E-state index in [4.69, 9.17) is 0 Å². The lowest BCUT2D eigenvalue weighted by Gasteiger charge is -2.26. The number of benzene rings is 2. The zero-order valence-electron chi connectivity index (χ0n) is 17.9. The molecular formula is C24H31N3O3S. The van der Waals surface area contributed by atoms with Crippen LogP contribution in [-0.2, 0) is 27.9 Å². The number of amides is 1. The normalized spacial score (nSPS) is 20.6. The van der Waals surface area contributed by atoms with Gasteiger partial charge in [0.2, 0.25) is 15.9 Å². The quantitative estimate of drug-likeness (QED) is 0.717. The Balaban J connectivity index is 1.37. The molecule has 0 aromatic heterocycles. The molecule has 2 fully saturated rings. The average molecular weight is 442 g/mol. The molecule has 1 unspecified atom stereocenters. The fraction of sp³-hybridized carbons (Fsp3) is 0.458. The zero-order chi connectivity index (χ0) is 21.7. The van der Waals surface area contributed by atoms with E-state index >= 15 is 0 Å². The lowest BCUT2D eigenvalue weighted by atomic mass is 10.1. The van der Waals surface area contributed by atoms with Crippen molar-refractivity contribution in [3.05, 3.63) is 65.7 Å². The second-order valence-electron chi connectivity index (χ2n) is 8.44. The summed E-state index contributed by atoms with van der Waals surface area (Å²) in [6.07, 6.45) is 4.77. The molecule has 6 nitrogen and oxygen atoms in total. The Morgan fingerprint density at radius 3 is 2.42 bits per heavy atom. The fourth-order valence-corrected chi connectivity index (χ4v) is 6.10. The first-order chi connectivity index (χ1) is 15.0. The van der Waals surface area contributed by atoms with Crippen LogP contribution >= 0.6 is 0 Å². The van der Waals surface area contributed by atoms with Crippen LogP contribution in [0.1, 0.15) is 43.2 Å². The van der Waals surface area contributed by atoms with E-state index in [0.717, 1.165) is 50.8 Å². The van der Waals surface area contributed by atoms with Gasteiger partial charge in [-0.15, -0.1) is 0 Å². The molecule has 4 rings (SSSR count). The number of carbonyl (C=O) groups excluding carboxylic acids is 1. The van der Waals surface area contributed by atoms with Crippen LogP contribution in [0.15, 0.2) is 59.5 Å². The van der Waals surface area contributed by atoms with Crippen molar-refractivity contribution in [2.45, 2.75) is 56.1 Å². The van der Waals surface area contributed by atoms with E-state index in [2.05, 4.69) is 22.3 Å². The van der Waals surface area contributed by atoms with E-state index < -0.39 is 10.0 Å². The van der Waals surface area contributed by atoms with E-state index in [0.29, 0.717) is 24.5 Å². The number of likely N-dealkylation sites (tertiary alicyclic amines) is 1. The van der Waals surface area contributed by atoms with Crippen molar-refractivity contribution in [2.75, 3.05) is 19.6 Å². The maximum Gasteiger partial charge on any atom is 0.243 e. The molecule has 31 heavy (non-hydrogen) atoms. The molecule has 1 N–H and O–H groups in total. The zero-order valence-corrected chi connectivity index (χ0v) is 18.7. The Morgan fingerprint density at radius 2 is 1.65 bits per heavy atom. The third kappa shape index (κ3) is 5.34. The van der Waals surface area contributed by atoms with Gasteiger partial charge in [0.15, 0.2) is 0 Å². The van der Waals surface area contributed by atoms with Crippen LogP contribution in [0.2, 0.25) is 0 Å². The SMILES string of the molecule is O=C(NCc1cccc(S(=O)(=O)N2CCCCC2)c1)C1CCCN1Cc1ccccc1. The van der Waals surface area contributed by atoms with Crippen molar-refractivity contribution < 1.29 is 13.2 Å². The first kappa shape index (κ1) is 22.0. The van der Waals surface area contributed by atoms with Crippen molar-refractivity contribution in [2.24, 2.45) is 0 Å². The number of nitrogens with zero attached hydrogens (tertiary/aromatic N) is 2. The molecule has 0 saturated carbocycles. The average Bonchev–Trinajstić information content (AvgIpc) is 3.27. The highest BCUT2D eigenvalue weighted by Gasteiger charge is 2.30. The van der Waals surface area contributed by atoms with Crippen molar-refractivity contribution >= 4 is 15.9 Å². The van der Waals surface area contributed by atoms with Gasteiger partial charge in [-0.25, -0.2) is 8.42 Å². The van der Waals surface area contributed by atoms with Crippen LogP contribution < -0.4 is 5.32 Å². The second kappa shape index (κ2) is 9.94. The predicted octanol–water partition coefficient (Wildman–Crippen LogP) is 3.14. The highest BCUT2D eigenvalue weighted by Crippen LogP contribution is 2.22. The van der Waals surface area contributed by atoms with Crippen molar-refractivity contribution in [1.82, 2.24) is 14.5 Å². The van der Waals surface area contributed by atoms with Crippen LogP contribution in [-0.4, -0.2) is 49.2 Å². The first-order valence-corrected chi connectivity index (χ1v) is 12.6. The van der Waals surface area contributed by atoms with E-state index in [9.17, 15) is 13.2 Å². The lowest BCUT2D eigenvalue weighted by Crippen LogP contribution is -2.42. The Hall–Kier alpha value is -2.22. The summed E-state index contributed by atoms with van der Waals surface area (Å²) in [7, 11) is -3.47. The highest BCUT2D eigenvalue weighted by molar-refractivity contribution is 7.89. The molecular weight excluding hydrogens is 410 g/mol. The van der Waals surface area contributed by atoms with Gasteiger partial charge < -0.3 is 5.32 Å². The Bertz CT molecular complexity index is 988. The summed E-state index contributed by atoms with van der Waals surface area (Å²) < 4.78 is 27.4. The summed E-state index contributed by atoms with van der Waals surface area (Å²) in [4.78, 5) is 15.4. The van der Waals surface area contributed by atoms with Crippen LogP contribution in [0.3, 0.4) is 0 Å². The summed E-state index contributed by atoms with van der Waals surface area (Å²) >= 11 is 0. The number of hydrogen-bond donors (Lipinski definition) is 1. The minimum Gasteiger partial charge on any atom is -0.351 e. The topological polar surface area (TPSA) is 69.7 Å². The van der Waals surface area contributed by atoms with Crippen LogP contribution in [0, 0.1) is 0 Å². The molecule has 0 radical (unpaired) electrons. The van der Waals surface area contributed by atoms with Crippen LogP contribution in [0.5, 0.6) is 0 Å². The third-order valence-corrected chi connectivity index (χ3v) is 8.11. The minimum absolute atomic E-state index is 0.0118. The van der Waals surface area contributed by atoms with Gasteiger partial charge in [-0.3, -0.25) is 9.69 Å². The summed E-state index contributed by atoms with van der Waals surface area (Å²) in [6, 6.07) is 17.0. The molecule has 1 atom stereocenters. The smallest absolute Gasteiger partial charge is 0.243 e. The number of sulfonamides is 1. The molecule has 2 saturated heterocycles. The Morgan fingerprint density at radius 1 is 0.903 bits per heavy atom. The molecule has 0 aliphatic carbocycles. The Labute approximate surface area is 185 Å². The molecule has 0 bridgehead atoms. The lowest BCUT2D eigenvalue weighted by molar-refractivity contribution is -0.125. The first-order valence-electron chi connectivity index (χ1n) is 11.2. The van der Waals surface area contributed by atoms with Gasteiger partial charge in [-0.1, -0.05) is 48.9 Å². The monoisotopic (exact) mass is 441 g/mol. The van der Waals surface area contributed by atoms with Gasteiger partial charge in [0, 0.05) is 26.2 Å². The van der Waals surface area contributed by atoms with Gasteiger partial charge in [0.05, 0.1) is 10.9 Å². The predicted molar refractivity (Wildman–Crippen MR) is 121 cm³/mol.